The van der Waals surface area contributed by atoms with Crippen molar-refractivity contribution in [3.8, 4) is 0 Å². The second kappa shape index (κ2) is 7.28. The number of alkyl halides is 6. The van der Waals surface area contributed by atoms with E-state index in [4.69, 9.17) is 0 Å². The predicted molar refractivity (Wildman–Crippen MR) is 60.0 cm³/mol. The molecule has 0 amide bonds. The summed E-state index contributed by atoms with van der Waals surface area (Å²) in [4.78, 5) is 21.8. The van der Waals surface area contributed by atoms with Gasteiger partial charge in [0.1, 0.15) is 0 Å². The predicted octanol–water partition coefficient (Wildman–Crippen LogP) is 3.85. The van der Waals surface area contributed by atoms with Crippen molar-refractivity contribution in [1.82, 2.24) is 0 Å². The average Bonchev–Trinajstić information content (AvgIpc) is 2.35. The maximum Gasteiger partial charge on any atom is 0.454 e. The van der Waals surface area contributed by atoms with Crippen LogP contribution >= 0.6 is 0 Å². The number of Topliss-reactive ketones (excluding diaryl/α,β-unsaturated/α-hetero) is 2. The van der Waals surface area contributed by atoms with Crippen molar-refractivity contribution in [1.29, 1.82) is 0 Å². The first-order chi connectivity index (χ1) is 9.45. The van der Waals surface area contributed by atoms with E-state index in [1.807, 2.05) is 0 Å². The third-order valence-corrected chi connectivity index (χ3v) is 2.28. The van der Waals surface area contributed by atoms with E-state index in [0.717, 1.165) is 0 Å². The summed E-state index contributed by atoms with van der Waals surface area (Å²) < 4.78 is 77.4. The molecule has 0 aromatic rings. The Bertz CT molecular complexity index is 415. The molecule has 0 aliphatic heterocycles. The summed E-state index contributed by atoms with van der Waals surface area (Å²) in [6.45, 7) is 2.48. The van der Waals surface area contributed by atoms with Crippen LogP contribution in [0.3, 0.4) is 0 Å². The van der Waals surface area contributed by atoms with Crippen LogP contribution in [-0.2, 0) is 14.3 Å². The highest BCUT2D eigenvalue weighted by atomic mass is 19.4. The highest BCUT2D eigenvalue weighted by Crippen LogP contribution is 2.24. The van der Waals surface area contributed by atoms with Crippen LogP contribution in [0.1, 0.15) is 26.7 Å². The van der Waals surface area contributed by atoms with Gasteiger partial charge < -0.3 is 4.74 Å². The van der Waals surface area contributed by atoms with Gasteiger partial charge >= 0.3 is 12.4 Å². The van der Waals surface area contributed by atoms with Gasteiger partial charge in [-0.05, 0) is 12.8 Å². The Balaban J connectivity index is 5.11. The van der Waals surface area contributed by atoms with Crippen molar-refractivity contribution in [2.75, 3.05) is 0 Å². The summed E-state index contributed by atoms with van der Waals surface area (Å²) in [6, 6.07) is 0. The lowest BCUT2D eigenvalue weighted by atomic mass is 10.1. The third-order valence-electron chi connectivity index (χ3n) is 2.28. The van der Waals surface area contributed by atoms with E-state index in [1.165, 1.54) is 13.8 Å². The molecule has 0 atom stereocenters. The smallest absolute Gasteiger partial charge is 0.454 e. The zero-order chi connectivity index (χ0) is 16.8. The number of halogens is 6. The molecular formula is C12H12F6O3. The van der Waals surface area contributed by atoms with Crippen LogP contribution in [0, 0.1) is 0 Å². The second-order valence-corrected chi connectivity index (χ2v) is 3.78. The van der Waals surface area contributed by atoms with Crippen molar-refractivity contribution in [2.24, 2.45) is 0 Å². The molecule has 0 saturated carbocycles. The number of ether oxygens (including phenoxy) is 1. The molecule has 120 valence electrons. The Morgan fingerprint density at radius 3 is 1.29 bits per heavy atom. The van der Waals surface area contributed by atoms with Gasteiger partial charge in [0.25, 0.3) is 11.6 Å². The van der Waals surface area contributed by atoms with Crippen LogP contribution in [0.25, 0.3) is 0 Å². The van der Waals surface area contributed by atoms with Crippen LogP contribution in [0.15, 0.2) is 23.7 Å². The van der Waals surface area contributed by atoms with E-state index < -0.39 is 35.1 Å². The lowest BCUT2D eigenvalue weighted by Gasteiger charge is -2.08. The van der Waals surface area contributed by atoms with Crippen LogP contribution in [0.4, 0.5) is 26.3 Å². The Morgan fingerprint density at radius 2 is 1.10 bits per heavy atom. The van der Waals surface area contributed by atoms with Crippen LogP contribution in [0.5, 0.6) is 0 Å². The lowest BCUT2D eigenvalue weighted by molar-refractivity contribution is -0.166. The first kappa shape index (κ1) is 19.2. The van der Waals surface area contributed by atoms with E-state index in [1.54, 1.807) is 0 Å². The van der Waals surface area contributed by atoms with Gasteiger partial charge in [-0.3, -0.25) is 9.59 Å². The molecule has 0 saturated heterocycles. The molecule has 0 aliphatic carbocycles. The van der Waals surface area contributed by atoms with Gasteiger partial charge in [0, 0.05) is 11.1 Å². The Hall–Kier alpha value is -1.80. The largest absolute Gasteiger partial charge is 0.472 e. The van der Waals surface area contributed by atoms with E-state index in [9.17, 15) is 35.9 Å². The van der Waals surface area contributed by atoms with Crippen molar-refractivity contribution < 1.29 is 40.7 Å². The zero-order valence-electron chi connectivity index (χ0n) is 11.1. The molecule has 0 rings (SSSR count). The highest BCUT2D eigenvalue weighted by molar-refractivity contribution is 6.00. The van der Waals surface area contributed by atoms with E-state index >= 15 is 0 Å². The van der Waals surface area contributed by atoms with Crippen LogP contribution < -0.4 is 0 Å². The van der Waals surface area contributed by atoms with E-state index in [2.05, 4.69) is 4.74 Å². The minimum absolute atomic E-state index is 0.332. The summed E-state index contributed by atoms with van der Waals surface area (Å²) >= 11 is 0. The monoisotopic (exact) mass is 318 g/mol. The summed E-state index contributed by atoms with van der Waals surface area (Å²) in [5.74, 6) is -4.31. The minimum Gasteiger partial charge on any atom is -0.472 e. The van der Waals surface area contributed by atoms with Crippen molar-refractivity contribution in [3.63, 3.8) is 0 Å². The van der Waals surface area contributed by atoms with Crippen LogP contribution in [0.2, 0.25) is 0 Å². The first-order valence-electron chi connectivity index (χ1n) is 5.71. The SMILES string of the molecule is CCC(=COC=C(CC)C(=O)C(F)(F)F)C(=O)C(F)(F)F. The number of allylic oxidation sites excluding steroid dienone is 2. The molecule has 0 heterocycles. The van der Waals surface area contributed by atoms with Gasteiger partial charge in [0.05, 0.1) is 12.5 Å². The first-order valence-corrected chi connectivity index (χ1v) is 5.71. The van der Waals surface area contributed by atoms with Gasteiger partial charge in [-0.25, -0.2) is 0 Å². The normalized spacial score (nSPS) is 14.1. The Labute approximate surface area is 116 Å². The number of hydrogen-bond donors (Lipinski definition) is 0. The molecule has 9 heteroatoms. The summed E-state index contributed by atoms with van der Waals surface area (Å²) in [7, 11) is 0. The number of rotatable bonds is 6. The Morgan fingerprint density at radius 1 is 0.810 bits per heavy atom. The molecule has 0 unspecified atom stereocenters. The maximum atomic E-state index is 12.2. The fraction of sp³-hybridized carbons (Fsp3) is 0.500. The minimum atomic E-state index is -5.11. The van der Waals surface area contributed by atoms with Gasteiger partial charge in [0.2, 0.25) is 0 Å². The van der Waals surface area contributed by atoms with Gasteiger partial charge in [-0.2, -0.15) is 26.3 Å². The molecule has 3 nitrogen and oxygen atoms in total. The molecule has 0 aromatic carbocycles. The molecule has 0 radical (unpaired) electrons. The van der Waals surface area contributed by atoms with Gasteiger partial charge in [-0.15, -0.1) is 0 Å². The number of carbonyl (C=O) groups excluding carboxylic acids is 2. The molecule has 0 aliphatic rings. The maximum absolute atomic E-state index is 12.2. The number of carbonyl (C=O) groups is 2. The van der Waals surface area contributed by atoms with Crippen molar-refractivity contribution in [3.05, 3.63) is 23.7 Å². The molecule has 0 aromatic heterocycles. The van der Waals surface area contributed by atoms with Crippen molar-refractivity contribution in [2.45, 2.75) is 39.0 Å². The fourth-order valence-electron chi connectivity index (χ4n) is 1.16. The molecule has 0 spiro atoms. The average molecular weight is 318 g/mol. The zero-order valence-corrected chi connectivity index (χ0v) is 11.1. The molecule has 0 fully saturated rings. The summed E-state index contributed by atoms with van der Waals surface area (Å²) in [6.07, 6.45) is -10.1. The second-order valence-electron chi connectivity index (χ2n) is 3.78. The quantitative estimate of drug-likeness (QED) is 0.424. The third kappa shape index (κ3) is 6.01. The molecule has 0 bridgehead atoms. The topological polar surface area (TPSA) is 43.4 Å². The van der Waals surface area contributed by atoms with Gasteiger partial charge in [0.15, 0.2) is 0 Å². The van der Waals surface area contributed by atoms with E-state index in [0.29, 0.717) is 12.5 Å². The standard InChI is InChI=1S/C12H12F6O3/c1-3-7(9(19)11(13,14)15)5-21-6-8(4-2)10(20)12(16,17)18/h5-6H,3-4H2,1-2H3. The Kier molecular flexibility index (Phi) is 6.65. The number of ketones is 2. The summed E-state index contributed by atoms with van der Waals surface area (Å²) in [5, 5.41) is 0. The highest BCUT2D eigenvalue weighted by Gasteiger charge is 2.41. The number of hydrogen-bond acceptors (Lipinski definition) is 3. The lowest BCUT2D eigenvalue weighted by Crippen LogP contribution is -2.25. The summed E-state index contributed by atoms with van der Waals surface area (Å²) in [5.41, 5.74) is -1.54. The van der Waals surface area contributed by atoms with Gasteiger partial charge in [-0.1, -0.05) is 13.8 Å². The van der Waals surface area contributed by atoms with E-state index in [-0.39, 0.29) is 12.8 Å². The molecule has 21 heavy (non-hydrogen) atoms. The van der Waals surface area contributed by atoms with Crippen molar-refractivity contribution >= 4 is 11.6 Å². The molecular weight excluding hydrogens is 306 g/mol. The van der Waals surface area contributed by atoms with Crippen LogP contribution in [-0.4, -0.2) is 23.9 Å². The fourth-order valence-corrected chi connectivity index (χ4v) is 1.16. The molecule has 0 N–H and O–H groups in total.